The number of aromatic carboxylic acids is 1. The highest BCUT2D eigenvalue weighted by molar-refractivity contribution is 6.05. The highest BCUT2D eigenvalue weighted by Crippen LogP contribution is 2.18. The third-order valence-corrected chi connectivity index (χ3v) is 3.22. The topological polar surface area (TPSA) is 54.4 Å². The van der Waals surface area contributed by atoms with Gasteiger partial charge in [0.15, 0.2) is 5.43 Å². The lowest BCUT2D eigenvalue weighted by Gasteiger charge is -1.97. The average Bonchev–Trinajstić information content (AvgIpc) is 2.57. The van der Waals surface area contributed by atoms with Crippen molar-refractivity contribution >= 4 is 27.5 Å². The van der Waals surface area contributed by atoms with Crippen LogP contribution in [0.25, 0.3) is 21.5 Å². The summed E-state index contributed by atoms with van der Waals surface area (Å²) in [4.78, 5) is 23.7. The zero-order valence-corrected chi connectivity index (χ0v) is 9.96. The maximum Gasteiger partial charge on any atom is 0.336 e. The molecule has 0 aromatic heterocycles. The van der Waals surface area contributed by atoms with Gasteiger partial charge in [-0.1, -0.05) is 48.5 Å². The normalized spacial score (nSPS) is 10.7. The molecule has 3 rings (SSSR count). The Labute approximate surface area is 108 Å². The van der Waals surface area contributed by atoms with E-state index >= 15 is 0 Å². The molecule has 0 saturated heterocycles. The second-order valence-electron chi connectivity index (χ2n) is 4.32. The molecule has 0 radical (unpaired) electrons. The maximum absolute atomic E-state index is 12.5. The number of carbonyl (C=O) groups is 1. The maximum atomic E-state index is 12.5. The van der Waals surface area contributed by atoms with Crippen molar-refractivity contribution in [1.82, 2.24) is 0 Å². The molecule has 0 atom stereocenters. The third-order valence-electron chi connectivity index (χ3n) is 3.22. The Hall–Kier alpha value is -2.68. The molecular weight excluding hydrogens is 240 g/mol. The first kappa shape index (κ1) is 11.4. The zero-order chi connectivity index (χ0) is 13.4. The van der Waals surface area contributed by atoms with Gasteiger partial charge >= 0.3 is 5.97 Å². The molecule has 0 amide bonds. The van der Waals surface area contributed by atoms with Crippen molar-refractivity contribution in [2.24, 2.45) is 0 Å². The largest absolute Gasteiger partial charge is 0.478 e. The number of rotatable bonds is 1. The molecule has 0 spiro atoms. The fourth-order valence-corrected chi connectivity index (χ4v) is 2.30. The van der Waals surface area contributed by atoms with Crippen LogP contribution in [0.1, 0.15) is 10.4 Å². The summed E-state index contributed by atoms with van der Waals surface area (Å²) in [5, 5.41) is 11.5. The highest BCUT2D eigenvalue weighted by atomic mass is 16.4. The minimum atomic E-state index is -1.03. The molecule has 0 fully saturated rings. The molecule has 0 unspecified atom stereocenters. The summed E-state index contributed by atoms with van der Waals surface area (Å²) >= 11 is 0. The van der Waals surface area contributed by atoms with E-state index in [9.17, 15) is 14.7 Å². The molecule has 0 heterocycles. The summed E-state index contributed by atoms with van der Waals surface area (Å²) in [6.45, 7) is 0. The van der Waals surface area contributed by atoms with E-state index in [2.05, 4.69) is 0 Å². The van der Waals surface area contributed by atoms with Gasteiger partial charge in [0.25, 0.3) is 0 Å². The van der Waals surface area contributed by atoms with E-state index in [0.29, 0.717) is 16.2 Å². The molecular formula is C16H10O3. The summed E-state index contributed by atoms with van der Waals surface area (Å²) < 4.78 is 0. The van der Waals surface area contributed by atoms with E-state index in [4.69, 9.17) is 0 Å². The molecule has 3 heteroatoms. The van der Waals surface area contributed by atoms with Gasteiger partial charge in [0.2, 0.25) is 0 Å². The monoisotopic (exact) mass is 250 g/mol. The first-order chi connectivity index (χ1) is 9.18. The Morgan fingerprint density at radius 2 is 1.53 bits per heavy atom. The van der Waals surface area contributed by atoms with Crippen LogP contribution < -0.4 is 5.43 Å². The molecule has 0 aliphatic rings. The van der Waals surface area contributed by atoms with Crippen LogP contribution in [0.4, 0.5) is 0 Å². The van der Waals surface area contributed by atoms with Gasteiger partial charge in [-0.2, -0.15) is 0 Å². The Morgan fingerprint density at radius 1 is 0.789 bits per heavy atom. The van der Waals surface area contributed by atoms with Crippen LogP contribution in [0.2, 0.25) is 0 Å². The minimum absolute atomic E-state index is 0.140. The molecule has 0 bridgehead atoms. The lowest BCUT2D eigenvalue weighted by molar-refractivity contribution is 0.0699. The predicted octanol–water partition coefficient (Wildman–Crippen LogP) is 3.05. The van der Waals surface area contributed by atoms with E-state index in [0.717, 1.165) is 5.39 Å². The van der Waals surface area contributed by atoms with Gasteiger partial charge in [-0.25, -0.2) is 4.79 Å². The first-order valence-electron chi connectivity index (χ1n) is 5.86. The van der Waals surface area contributed by atoms with E-state index in [1.807, 2.05) is 12.1 Å². The van der Waals surface area contributed by atoms with Gasteiger partial charge in [-0.05, 0) is 11.5 Å². The SMILES string of the molecule is O=C(O)c1cccc2c(=O)c3ccccc3ccc12. The molecule has 0 aliphatic carbocycles. The van der Waals surface area contributed by atoms with Crippen molar-refractivity contribution in [3.8, 4) is 0 Å². The predicted molar refractivity (Wildman–Crippen MR) is 74.7 cm³/mol. The van der Waals surface area contributed by atoms with Crippen LogP contribution in [0, 0.1) is 0 Å². The number of benzene rings is 2. The van der Waals surface area contributed by atoms with Gasteiger partial charge in [-0.3, -0.25) is 4.79 Å². The van der Waals surface area contributed by atoms with E-state index < -0.39 is 5.97 Å². The lowest BCUT2D eigenvalue weighted by Crippen LogP contribution is -2.02. The molecule has 3 nitrogen and oxygen atoms in total. The Bertz CT molecular complexity index is 866. The van der Waals surface area contributed by atoms with Crippen molar-refractivity contribution in [1.29, 1.82) is 0 Å². The highest BCUT2D eigenvalue weighted by Gasteiger charge is 2.09. The van der Waals surface area contributed by atoms with Crippen LogP contribution >= 0.6 is 0 Å². The van der Waals surface area contributed by atoms with Crippen LogP contribution in [0.3, 0.4) is 0 Å². The summed E-state index contributed by atoms with van der Waals surface area (Å²) in [7, 11) is 0. The minimum Gasteiger partial charge on any atom is -0.478 e. The van der Waals surface area contributed by atoms with Crippen LogP contribution in [-0.2, 0) is 0 Å². The number of carboxylic acid groups (broad SMARTS) is 1. The summed E-state index contributed by atoms with van der Waals surface area (Å²) in [6.07, 6.45) is 0. The number of hydrogen-bond donors (Lipinski definition) is 1. The molecule has 19 heavy (non-hydrogen) atoms. The lowest BCUT2D eigenvalue weighted by atomic mass is 10.1. The van der Waals surface area contributed by atoms with Crippen molar-refractivity contribution in [2.75, 3.05) is 0 Å². The smallest absolute Gasteiger partial charge is 0.336 e. The number of carboxylic acids is 1. The van der Waals surface area contributed by atoms with Crippen LogP contribution in [0.15, 0.2) is 59.4 Å². The standard InChI is InChI=1S/C16H10O3/c17-15-11-5-2-1-4-10(11)8-9-12-13(15)6-3-7-14(12)16(18)19/h1-9H,(H,18,19). The van der Waals surface area contributed by atoms with Crippen LogP contribution in [0.5, 0.6) is 0 Å². The summed E-state index contributed by atoms with van der Waals surface area (Å²) in [5.41, 5.74) is 0.00797. The number of hydrogen-bond acceptors (Lipinski definition) is 2. The molecule has 0 saturated carbocycles. The van der Waals surface area contributed by atoms with Crippen molar-refractivity contribution in [2.45, 2.75) is 0 Å². The molecule has 0 aliphatic heterocycles. The van der Waals surface area contributed by atoms with E-state index in [-0.39, 0.29) is 11.0 Å². The second-order valence-corrected chi connectivity index (χ2v) is 4.32. The Balaban J connectivity index is 2.62. The van der Waals surface area contributed by atoms with Crippen molar-refractivity contribution < 1.29 is 9.90 Å². The number of fused-ring (bicyclic) bond motifs is 2. The third kappa shape index (κ3) is 1.76. The van der Waals surface area contributed by atoms with Crippen LogP contribution in [-0.4, -0.2) is 11.1 Å². The van der Waals surface area contributed by atoms with Gasteiger partial charge in [0, 0.05) is 16.2 Å². The summed E-state index contributed by atoms with van der Waals surface area (Å²) in [6, 6.07) is 15.5. The molecule has 92 valence electrons. The fraction of sp³-hybridized carbons (Fsp3) is 0. The van der Waals surface area contributed by atoms with Crippen molar-refractivity contribution in [3.63, 3.8) is 0 Å². The average molecular weight is 250 g/mol. The Kier molecular flexibility index (Phi) is 2.53. The van der Waals surface area contributed by atoms with Gasteiger partial charge in [0.05, 0.1) is 5.56 Å². The van der Waals surface area contributed by atoms with E-state index in [1.165, 1.54) is 6.07 Å². The second kappa shape index (κ2) is 4.21. The van der Waals surface area contributed by atoms with Gasteiger partial charge in [-0.15, -0.1) is 0 Å². The summed E-state index contributed by atoms with van der Waals surface area (Å²) in [5.74, 6) is -1.03. The zero-order valence-electron chi connectivity index (χ0n) is 9.96. The molecule has 3 aromatic carbocycles. The van der Waals surface area contributed by atoms with Gasteiger partial charge < -0.3 is 5.11 Å². The molecule has 3 aromatic rings. The van der Waals surface area contributed by atoms with Gasteiger partial charge in [0.1, 0.15) is 0 Å². The Morgan fingerprint density at radius 3 is 2.32 bits per heavy atom. The quantitative estimate of drug-likeness (QED) is 0.722. The first-order valence-corrected chi connectivity index (χ1v) is 5.86. The van der Waals surface area contributed by atoms with Crippen molar-refractivity contribution in [3.05, 3.63) is 70.4 Å². The fourth-order valence-electron chi connectivity index (χ4n) is 2.30. The van der Waals surface area contributed by atoms with E-state index in [1.54, 1.807) is 36.4 Å². The molecule has 1 N–H and O–H groups in total.